The maximum atomic E-state index is 12.2. The first-order chi connectivity index (χ1) is 8.06. The monoisotopic (exact) mass is 297 g/mol. The standard InChI is InChI=1S/C14H20BrNO/c1-4-12(16(2)3)10-13(15)14(17)11-8-6-5-7-9-11/h5-9,12-13H,4,10H2,1-3H3. The minimum absolute atomic E-state index is 0.0998. The number of Topliss-reactive ketones (excluding diaryl/α,β-unsaturated/α-hetero) is 1. The molecule has 1 aromatic rings. The number of hydrogen-bond donors (Lipinski definition) is 0. The van der Waals surface area contributed by atoms with Crippen molar-refractivity contribution in [3.63, 3.8) is 0 Å². The van der Waals surface area contributed by atoms with Crippen molar-refractivity contribution in [2.75, 3.05) is 14.1 Å². The summed E-state index contributed by atoms with van der Waals surface area (Å²) in [6, 6.07) is 9.90. The quantitative estimate of drug-likeness (QED) is 0.593. The Morgan fingerprint density at radius 1 is 1.29 bits per heavy atom. The Morgan fingerprint density at radius 3 is 2.35 bits per heavy atom. The topological polar surface area (TPSA) is 20.3 Å². The zero-order valence-electron chi connectivity index (χ0n) is 10.7. The van der Waals surface area contributed by atoms with Crippen molar-refractivity contribution in [3.05, 3.63) is 35.9 Å². The molecule has 0 aliphatic heterocycles. The Balaban J connectivity index is 2.64. The molecule has 0 aliphatic rings. The van der Waals surface area contributed by atoms with E-state index in [-0.39, 0.29) is 10.6 Å². The first-order valence-corrected chi connectivity index (χ1v) is 6.87. The molecular weight excluding hydrogens is 278 g/mol. The van der Waals surface area contributed by atoms with Crippen molar-refractivity contribution in [1.29, 1.82) is 0 Å². The summed E-state index contributed by atoms with van der Waals surface area (Å²) >= 11 is 3.51. The molecule has 94 valence electrons. The zero-order valence-corrected chi connectivity index (χ0v) is 12.3. The highest BCUT2D eigenvalue weighted by Crippen LogP contribution is 2.18. The highest BCUT2D eigenvalue weighted by molar-refractivity contribution is 9.10. The molecule has 2 unspecified atom stereocenters. The second kappa shape index (κ2) is 6.92. The van der Waals surface area contributed by atoms with E-state index in [0.29, 0.717) is 6.04 Å². The molecule has 0 amide bonds. The van der Waals surface area contributed by atoms with Gasteiger partial charge in [-0.2, -0.15) is 0 Å². The average molecular weight is 298 g/mol. The Labute approximate surface area is 112 Å². The van der Waals surface area contributed by atoms with Crippen molar-refractivity contribution in [1.82, 2.24) is 4.90 Å². The number of carbonyl (C=O) groups is 1. The molecule has 0 heterocycles. The van der Waals surface area contributed by atoms with Crippen LogP contribution in [0, 0.1) is 0 Å². The molecule has 0 fully saturated rings. The molecular formula is C14H20BrNO. The molecule has 3 heteroatoms. The number of benzene rings is 1. The Bertz CT molecular complexity index is 350. The SMILES string of the molecule is CCC(CC(Br)C(=O)c1ccccc1)N(C)C. The normalized spacial score (nSPS) is 14.6. The third kappa shape index (κ3) is 4.25. The summed E-state index contributed by atoms with van der Waals surface area (Å²) in [4.78, 5) is 14.2. The second-order valence-corrected chi connectivity index (χ2v) is 5.56. The molecule has 0 spiro atoms. The number of nitrogens with zero attached hydrogens (tertiary/aromatic N) is 1. The van der Waals surface area contributed by atoms with Gasteiger partial charge in [-0.25, -0.2) is 0 Å². The van der Waals surface area contributed by atoms with Crippen LogP contribution >= 0.6 is 15.9 Å². The van der Waals surface area contributed by atoms with Crippen molar-refractivity contribution >= 4 is 21.7 Å². The van der Waals surface area contributed by atoms with Crippen LogP contribution in [0.4, 0.5) is 0 Å². The van der Waals surface area contributed by atoms with Gasteiger partial charge < -0.3 is 4.90 Å². The van der Waals surface area contributed by atoms with Gasteiger partial charge in [-0.05, 0) is 26.9 Å². The lowest BCUT2D eigenvalue weighted by atomic mass is 10.0. The van der Waals surface area contributed by atoms with Gasteiger partial charge in [0.05, 0.1) is 4.83 Å². The van der Waals surface area contributed by atoms with Gasteiger partial charge in [-0.1, -0.05) is 53.2 Å². The molecule has 0 N–H and O–H groups in total. The third-order valence-corrected chi connectivity index (χ3v) is 3.81. The lowest BCUT2D eigenvalue weighted by molar-refractivity contribution is 0.0978. The lowest BCUT2D eigenvalue weighted by Crippen LogP contribution is -2.32. The number of halogens is 1. The summed E-state index contributed by atoms with van der Waals surface area (Å²) in [7, 11) is 4.11. The van der Waals surface area contributed by atoms with Crippen LogP contribution in [0.1, 0.15) is 30.1 Å². The van der Waals surface area contributed by atoms with Gasteiger partial charge in [0.15, 0.2) is 5.78 Å². The van der Waals surface area contributed by atoms with Gasteiger partial charge in [0.1, 0.15) is 0 Å². The van der Waals surface area contributed by atoms with E-state index in [1.165, 1.54) is 0 Å². The Kier molecular flexibility index (Phi) is 5.86. The van der Waals surface area contributed by atoms with E-state index in [1.807, 2.05) is 30.3 Å². The van der Waals surface area contributed by atoms with Crippen LogP contribution in [0.5, 0.6) is 0 Å². The number of alkyl halides is 1. The van der Waals surface area contributed by atoms with Gasteiger partial charge in [-0.3, -0.25) is 4.79 Å². The van der Waals surface area contributed by atoms with Crippen molar-refractivity contribution < 1.29 is 4.79 Å². The summed E-state index contributed by atoms with van der Waals surface area (Å²) in [6.07, 6.45) is 1.90. The highest BCUT2D eigenvalue weighted by Gasteiger charge is 2.21. The van der Waals surface area contributed by atoms with Crippen LogP contribution in [0.25, 0.3) is 0 Å². The summed E-state index contributed by atoms with van der Waals surface area (Å²) < 4.78 is 0. The number of rotatable bonds is 6. The largest absolute Gasteiger partial charge is 0.306 e. The molecule has 0 radical (unpaired) electrons. The fraction of sp³-hybridized carbons (Fsp3) is 0.500. The van der Waals surface area contributed by atoms with Crippen molar-refractivity contribution in [2.24, 2.45) is 0 Å². The molecule has 1 aromatic carbocycles. The third-order valence-electron chi connectivity index (χ3n) is 3.02. The maximum absolute atomic E-state index is 12.2. The molecule has 0 aromatic heterocycles. The van der Waals surface area contributed by atoms with Crippen LogP contribution in [-0.2, 0) is 0 Å². The average Bonchev–Trinajstić information content (AvgIpc) is 2.35. The van der Waals surface area contributed by atoms with Gasteiger partial charge in [-0.15, -0.1) is 0 Å². The van der Waals surface area contributed by atoms with Gasteiger partial charge in [0.25, 0.3) is 0 Å². The van der Waals surface area contributed by atoms with E-state index in [9.17, 15) is 4.79 Å². The lowest BCUT2D eigenvalue weighted by Gasteiger charge is -2.24. The summed E-state index contributed by atoms with van der Waals surface area (Å²) in [6.45, 7) is 2.15. The van der Waals surface area contributed by atoms with Crippen LogP contribution in [0.3, 0.4) is 0 Å². The smallest absolute Gasteiger partial charge is 0.176 e. The molecule has 1 rings (SSSR count). The number of carbonyl (C=O) groups excluding carboxylic acids is 1. The predicted molar refractivity (Wildman–Crippen MR) is 75.9 cm³/mol. The minimum Gasteiger partial charge on any atom is -0.306 e. The maximum Gasteiger partial charge on any atom is 0.176 e. The first-order valence-electron chi connectivity index (χ1n) is 5.96. The van der Waals surface area contributed by atoms with Crippen molar-refractivity contribution in [2.45, 2.75) is 30.6 Å². The number of ketones is 1. The van der Waals surface area contributed by atoms with Gasteiger partial charge in [0, 0.05) is 11.6 Å². The Morgan fingerprint density at radius 2 is 1.88 bits per heavy atom. The van der Waals surface area contributed by atoms with E-state index in [0.717, 1.165) is 18.4 Å². The molecule has 0 saturated carbocycles. The molecule has 17 heavy (non-hydrogen) atoms. The zero-order chi connectivity index (χ0) is 12.8. The Hall–Kier alpha value is -0.670. The van der Waals surface area contributed by atoms with E-state index < -0.39 is 0 Å². The molecule has 0 bridgehead atoms. The van der Waals surface area contributed by atoms with Crippen LogP contribution in [0.15, 0.2) is 30.3 Å². The molecule has 0 saturated heterocycles. The first kappa shape index (κ1) is 14.4. The molecule has 2 nitrogen and oxygen atoms in total. The summed E-state index contributed by atoms with van der Waals surface area (Å²) in [5.41, 5.74) is 0.781. The summed E-state index contributed by atoms with van der Waals surface area (Å²) in [5.74, 6) is 0.172. The fourth-order valence-electron chi connectivity index (χ4n) is 1.87. The van der Waals surface area contributed by atoms with E-state index >= 15 is 0 Å². The van der Waals surface area contributed by atoms with E-state index in [4.69, 9.17) is 0 Å². The van der Waals surface area contributed by atoms with Crippen LogP contribution in [-0.4, -0.2) is 35.6 Å². The number of hydrogen-bond acceptors (Lipinski definition) is 2. The second-order valence-electron chi connectivity index (χ2n) is 4.46. The summed E-state index contributed by atoms with van der Waals surface area (Å²) in [5, 5.41) is 0. The minimum atomic E-state index is -0.0998. The predicted octanol–water partition coefficient (Wildman–Crippen LogP) is 3.36. The van der Waals surface area contributed by atoms with Gasteiger partial charge in [0.2, 0.25) is 0 Å². The van der Waals surface area contributed by atoms with E-state index in [2.05, 4.69) is 41.8 Å². The highest BCUT2D eigenvalue weighted by atomic mass is 79.9. The fourth-order valence-corrected chi connectivity index (χ4v) is 2.57. The molecule has 0 aliphatic carbocycles. The van der Waals surface area contributed by atoms with Crippen LogP contribution < -0.4 is 0 Å². The van der Waals surface area contributed by atoms with Crippen molar-refractivity contribution in [3.8, 4) is 0 Å². The molecule has 2 atom stereocenters. The van der Waals surface area contributed by atoms with Gasteiger partial charge >= 0.3 is 0 Å². The van der Waals surface area contributed by atoms with Crippen LogP contribution in [0.2, 0.25) is 0 Å². The van der Waals surface area contributed by atoms with E-state index in [1.54, 1.807) is 0 Å².